The zero-order valence-corrected chi connectivity index (χ0v) is 16.3. The van der Waals surface area contributed by atoms with Crippen molar-refractivity contribution in [3.8, 4) is 5.75 Å². The summed E-state index contributed by atoms with van der Waals surface area (Å²) >= 11 is 1.74. The molecule has 0 bridgehead atoms. The molecule has 1 fully saturated rings. The van der Waals surface area contributed by atoms with Crippen molar-refractivity contribution >= 4 is 22.9 Å². The highest BCUT2D eigenvalue weighted by molar-refractivity contribution is 7.09. The predicted octanol–water partition coefficient (Wildman–Crippen LogP) is 1.21. The number of thiophene rings is 1. The summed E-state index contributed by atoms with van der Waals surface area (Å²) in [6.45, 7) is 6.53. The number of quaternary nitrogens is 1. The highest BCUT2D eigenvalue weighted by Gasteiger charge is 2.29. The monoisotopic (exact) mass is 374 g/mol. The number of ether oxygens (including phenoxy) is 1. The maximum atomic E-state index is 12.5. The maximum absolute atomic E-state index is 12.5. The Kier molecular flexibility index (Phi) is 6.52. The van der Waals surface area contributed by atoms with Crippen LogP contribution in [0, 0.1) is 0 Å². The van der Waals surface area contributed by atoms with Gasteiger partial charge in [0.1, 0.15) is 5.75 Å². The number of para-hydroxylation sites is 2. The van der Waals surface area contributed by atoms with Crippen LogP contribution < -0.4 is 19.9 Å². The smallest absolute Gasteiger partial charge is 0.278 e. The van der Waals surface area contributed by atoms with Crippen LogP contribution in [0.1, 0.15) is 11.8 Å². The molecule has 0 spiro atoms. The lowest BCUT2D eigenvalue weighted by Crippen LogP contribution is -3.19. The van der Waals surface area contributed by atoms with Gasteiger partial charge in [-0.15, -0.1) is 11.3 Å². The first kappa shape index (κ1) is 18.7. The first-order valence-corrected chi connectivity index (χ1v) is 10.1. The Bertz CT molecular complexity index is 697. The van der Waals surface area contributed by atoms with Crippen LogP contribution in [0.5, 0.6) is 5.75 Å². The van der Waals surface area contributed by atoms with Crippen molar-refractivity contribution in [3.63, 3.8) is 0 Å². The molecule has 140 valence electrons. The van der Waals surface area contributed by atoms with Gasteiger partial charge in [-0.2, -0.15) is 0 Å². The summed E-state index contributed by atoms with van der Waals surface area (Å²) in [4.78, 5) is 17.5. The van der Waals surface area contributed by atoms with E-state index in [2.05, 4.69) is 33.8 Å². The number of rotatable bonds is 7. The third-order valence-corrected chi connectivity index (χ3v) is 6.02. The van der Waals surface area contributed by atoms with Crippen molar-refractivity contribution in [2.24, 2.45) is 0 Å². The molecule has 6 heteroatoms. The molecule has 1 aliphatic heterocycles. The zero-order chi connectivity index (χ0) is 18.4. The van der Waals surface area contributed by atoms with Gasteiger partial charge in [0.2, 0.25) is 0 Å². The fraction of sp³-hybridized carbons (Fsp3) is 0.450. The van der Waals surface area contributed by atoms with Crippen LogP contribution in [0.15, 0.2) is 41.8 Å². The van der Waals surface area contributed by atoms with E-state index in [-0.39, 0.29) is 11.9 Å². The average molecular weight is 375 g/mol. The highest BCUT2D eigenvalue weighted by Crippen LogP contribution is 2.27. The molecule has 2 heterocycles. The molecule has 0 saturated carbocycles. The number of carbonyl (C=O) groups excluding carboxylic acids is 1. The molecule has 1 amide bonds. The highest BCUT2D eigenvalue weighted by atomic mass is 32.1. The van der Waals surface area contributed by atoms with E-state index in [0.29, 0.717) is 6.54 Å². The zero-order valence-electron chi connectivity index (χ0n) is 15.5. The average Bonchev–Trinajstić information content (AvgIpc) is 3.21. The Labute approximate surface area is 159 Å². The van der Waals surface area contributed by atoms with E-state index in [1.807, 2.05) is 25.1 Å². The van der Waals surface area contributed by atoms with Crippen molar-refractivity contribution in [1.29, 1.82) is 0 Å². The Balaban J connectivity index is 1.46. The van der Waals surface area contributed by atoms with E-state index >= 15 is 0 Å². The van der Waals surface area contributed by atoms with Crippen LogP contribution in [-0.2, 0) is 11.2 Å². The maximum Gasteiger partial charge on any atom is 0.278 e. The van der Waals surface area contributed by atoms with Crippen molar-refractivity contribution < 1.29 is 14.4 Å². The first-order chi connectivity index (χ1) is 12.7. The molecule has 26 heavy (non-hydrogen) atoms. The summed E-state index contributed by atoms with van der Waals surface area (Å²) in [6, 6.07) is 12.3. The molecule has 5 nitrogen and oxygen atoms in total. The Morgan fingerprint density at radius 1 is 1.27 bits per heavy atom. The number of hydrogen-bond acceptors (Lipinski definition) is 4. The Hall–Kier alpha value is -2.05. The number of nitrogens with zero attached hydrogens (tertiary/aromatic N) is 1. The van der Waals surface area contributed by atoms with Gasteiger partial charge >= 0.3 is 0 Å². The van der Waals surface area contributed by atoms with Crippen LogP contribution >= 0.6 is 11.3 Å². The summed E-state index contributed by atoms with van der Waals surface area (Å²) in [5.41, 5.74) is 1.14. The van der Waals surface area contributed by atoms with Gasteiger partial charge in [-0.1, -0.05) is 18.2 Å². The van der Waals surface area contributed by atoms with Gasteiger partial charge < -0.3 is 19.9 Å². The Morgan fingerprint density at radius 2 is 2.04 bits per heavy atom. The predicted molar refractivity (Wildman–Crippen MR) is 106 cm³/mol. The first-order valence-electron chi connectivity index (χ1n) is 9.21. The molecule has 3 rings (SSSR count). The van der Waals surface area contributed by atoms with Crippen molar-refractivity contribution in [2.45, 2.75) is 19.4 Å². The van der Waals surface area contributed by atoms with Gasteiger partial charge in [0.25, 0.3) is 5.91 Å². The number of hydrogen-bond donors (Lipinski definition) is 2. The van der Waals surface area contributed by atoms with Crippen LogP contribution in [0.2, 0.25) is 0 Å². The quantitative estimate of drug-likeness (QED) is 0.766. The number of benzene rings is 1. The van der Waals surface area contributed by atoms with Gasteiger partial charge in [-0.05, 0) is 36.9 Å². The number of anilines is 1. The standard InChI is InChI=1S/C20H27N3O2S/c1-16(20(24)21-10-9-17-6-5-15-26-17)22-11-13-23(14-12-22)18-7-3-4-8-19(18)25-2/h3-8,15-16H,9-14H2,1-2H3,(H,21,24)/p+1/t16-/m1/s1. The van der Waals surface area contributed by atoms with E-state index in [9.17, 15) is 4.79 Å². The van der Waals surface area contributed by atoms with Gasteiger partial charge in [-0.3, -0.25) is 4.79 Å². The SMILES string of the molecule is COc1ccccc1N1CC[NH+]([C@H](C)C(=O)NCCc2cccs2)CC1. The summed E-state index contributed by atoms with van der Waals surface area (Å²) in [7, 11) is 1.71. The van der Waals surface area contributed by atoms with Gasteiger partial charge in [0.15, 0.2) is 6.04 Å². The summed E-state index contributed by atoms with van der Waals surface area (Å²) in [5.74, 6) is 1.07. The fourth-order valence-corrected chi connectivity index (χ4v) is 4.17. The molecule has 0 unspecified atom stereocenters. The van der Waals surface area contributed by atoms with E-state index < -0.39 is 0 Å². The van der Waals surface area contributed by atoms with Gasteiger partial charge in [-0.25, -0.2) is 0 Å². The fourth-order valence-electron chi connectivity index (χ4n) is 3.46. The molecule has 2 aromatic rings. The lowest BCUT2D eigenvalue weighted by Gasteiger charge is -2.36. The molecule has 1 aliphatic rings. The normalized spacial score (nSPS) is 16.3. The second kappa shape index (κ2) is 9.05. The van der Waals surface area contributed by atoms with Crippen LogP contribution in [0.4, 0.5) is 5.69 Å². The molecule has 2 N–H and O–H groups in total. The summed E-state index contributed by atoms with van der Waals surface area (Å²) < 4.78 is 5.47. The number of piperazine rings is 1. The lowest BCUT2D eigenvalue weighted by molar-refractivity contribution is -0.914. The third-order valence-electron chi connectivity index (χ3n) is 5.09. The van der Waals surface area contributed by atoms with Crippen molar-refractivity contribution in [1.82, 2.24) is 5.32 Å². The molecule has 1 aromatic carbocycles. The number of methoxy groups -OCH3 is 1. The van der Waals surface area contributed by atoms with Crippen LogP contribution in [-0.4, -0.2) is 51.8 Å². The van der Waals surface area contributed by atoms with Gasteiger partial charge in [0, 0.05) is 11.4 Å². The minimum Gasteiger partial charge on any atom is -0.495 e. The van der Waals surface area contributed by atoms with E-state index in [0.717, 1.165) is 44.0 Å². The molecule has 1 saturated heterocycles. The van der Waals surface area contributed by atoms with E-state index in [1.165, 1.54) is 9.78 Å². The minimum atomic E-state index is -0.0156. The Morgan fingerprint density at radius 3 is 2.73 bits per heavy atom. The van der Waals surface area contributed by atoms with Crippen LogP contribution in [0.25, 0.3) is 0 Å². The molecule has 1 atom stereocenters. The van der Waals surface area contributed by atoms with Crippen molar-refractivity contribution in [2.75, 3.05) is 44.7 Å². The van der Waals surface area contributed by atoms with E-state index in [4.69, 9.17) is 4.74 Å². The van der Waals surface area contributed by atoms with Gasteiger partial charge in [0.05, 0.1) is 39.0 Å². The molecular weight excluding hydrogens is 346 g/mol. The van der Waals surface area contributed by atoms with E-state index in [1.54, 1.807) is 18.4 Å². The number of amides is 1. The number of carbonyl (C=O) groups is 1. The molecular formula is C20H28N3O2S+. The largest absolute Gasteiger partial charge is 0.495 e. The molecule has 0 aliphatic carbocycles. The minimum absolute atomic E-state index is 0.0156. The molecule has 1 aromatic heterocycles. The van der Waals surface area contributed by atoms with Crippen molar-refractivity contribution in [3.05, 3.63) is 46.7 Å². The number of nitrogens with one attached hydrogen (secondary N) is 2. The topological polar surface area (TPSA) is 46.0 Å². The second-order valence-corrected chi connectivity index (χ2v) is 7.69. The summed E-state index contributed by atoms with van der Waals surface area (Å²) in [5, 5.41) is 5.17. The molecule has 0 radical (unpaired) electrons. The second-order valence-electron chi connectivity index (χ2n) is 6.66. The lowest BCUT2D eigenvalue weighted by atomic mass is 10.2. The third kappa shape index (κ3) is 4.56. The van der Waals surface area contributed by atoms with Crippen LogP contribution in [0.3, 0.4) is 0 Å². The summed E-state index contributed by atoms with van der Waals surface area (Å²) in [6.07, 6.45) is 0.910.